The molecule has 4 nitrogen and oxygen atoms in total. The number of rotatable bonds is 9. The van der Waals surface area contributed by atoms with Crippen LogP contribution in [0, 0.1) is 0 Å². The van der Waals surface area contributed by atoms with Crippen LogP contribution in [0.2, 0.25) is 0 Å². The van der Waals surface area contributed by atoms with E-state index in [2.05, 4.69) is 42.3 Å². The molecule has 0 saturated heterocycles. The number of para-hydroxylation sites is 1. The van der Waals surface area contributed by atoms with Gasteiger partial charge in [0, 0.05) is 23.9 Å². The van der Waals surface area contributed by atoms with Gasteiger partial charge in [-0.15, -0.1) is 24.0 Å². The zero-order valence-corrected chi connectivity index (χ0v) is 17.3. The molecule has 0 fully saturated rings. The van der Waals surface area contributed by atoms with E-state index in [1.165, 1.54) is 0 Å². The first-order chi connectivity index (χ1) is 10.7. The van der Waals surface area contributed by atoms with Crippen LogP contribution in [0.15, 0.2) is 41.9 Å². The minimum Gasteiger partial charge on any atom is -0.489 e. The summed E-state index contributed by atoms with van der Waals surface area (Å²) >= 11 is 1.84. The number of halogens is 1. The lowest BCUT2D eigenvalue weighted by Crippen LogP contribution is -2.40. The third-order valence-corrected chi connectivity index (χ3v) is 4.01. The first-order valence-electron chi connectivity index (χ1n) is 7.57. The molecule has 0 saturated carbocycles. The Balaban J connectivity index is 0.00000484. The molecule has 1 aromatic carbocycles. The minimum atomic E-state index is 0. The fraction of sp³-hybridized carbons (Fsp3) is 0.471. The number of benzene rings is 1. The number of hydrogen-bond acceptors (Lipinski definition) is 3. The van der Waals surface area contributed by atoms with Crippen molar-refractivity contribution < 1.29 is 4.74 Å². The number of thioether (sulfide) groups is 1. The van der Waals surface area contributed by atoms with Crippen LogP contribution in [0.25, 0.3) is 0 Å². The van der Waals surface area contributed by atoms with Crippen molar-refractivity contribution in [2.45, 2.75) is 25.6 Å². The van der Waals surface area contributed by atoms with Crippen LogP contribution in [-0.4, -0.2) is 37.2 Å². The van der Waals surface area contributed by atoms with Gasteiger partial charge < -0.3 is 15.4 Å². The minimum absolute atomic E-state index is 0. The predicted molar refractivity (Wildman–Crippen MR) is 113 cm³/mol. The second-order valence-electron chi connectivity index (χ2n) is 4.83. The highest BCUT2D eigenvalue weighted by molar-refractivity contribution is 14.0. The van der Waals surface area contributed by atoms with Gasteiger partial charge in [-0.25, -0.2) is 4.99 Å². The summed E-state index contributed by atoms with van der Waals surface area (Å²) < 4.78 is 5.66. The van der Waals surface area contributed by atoms with Crippen LogP contribution in [0.4, 0.5) is 0 Å². The monoisotopic (exact) mass is 449 g/mol. The highest BCUT2D eigenvalue weighted by Crippen LogP contribution is 2.18. The van der Waals surface area contributed by atoms with Crippen molar-refractivity contribution in [3.63, 3.8) is 0 Å². The molecule has 0 radical (unpaired) electrons. The maximum absolute atomic E-state index is 5.66. The first kappa shape index (κ1) is 22.1. The predicted octanol–water partition coefficient (Wildman–Crippen LogP) is 3.68. The van der Waals surface area contributed by atoms with Crippen molar-refractivity contribution in [2.75, 3.05) is 26.0 Å². The molecule has 23 heavy (non-hydrogen) atoms. The summed E-state index contributed by atoms with van der Waals surface area (Å²) in [5.41, 5.74) is 1.07. The average Bonchev–Trinajstić information content (AvgIpc) is 2.55. The van der Waals surface area contributed by atoms with Crippen LogP contribution in [-0.2, 0) is 6.54 Å². The van der Waals surface area contributed by atoms with Gasteiger partial charge in [0.05, 0.1) is 6.54 Å². The number of aliphatic imine (C=N–C) groups is 1. The number of hydrogen-bond donors (Lipinski definition) is 2. The van der Waals surface area contributed by atoms with E-state index in [4.69, 9.17) is 4.74 Å². The molecule has 1 aromatic rings. The summed E-state index contributed by atoms with van der Waals surface area (Å²) in [5.74, 6) is 1.70. The fourth-order valence-electron chi connectivity index (χ4n) is 1.75. The molecule has 1 unspecified atom stereocenters. The Bertz CT molecular complexity index is 483. The van der Waals surface area contributed by atoms with Crippen LogP contribution in [0.1, 0.15) is 19.4 Å². The SMILES string of the molecule is C=CCOc1ccccc1CN=C(NCC)NCC(C)SC.I. The van der Waals surface area contributed by atoms with E-state index in [0.717, 1.165) is 30.4 Å². The molecule has 0 aliphatic rings. The Morgan fingerprint density at radius 1 is 1.39 bits per heavy atom. The van der Waals surface area contributed by atoms with Gasteiger partial charge >= 0.3 is 0 Å². The number of nitrogens with zero attached hydrogens (tertiary/aromatic N) is 1. The third kappa shape index (κ3) is 9.10. The lowest BCUT2D eigenvalue weighted by atomic mass is 10.2. The summed E-state index contributed by atoms with van der Waals surface area (Å²) in [6, 6.07) is 7.97. The van der Waals surface area contributed by atoms with Gasteiger partial charge in [0.1, 0.15) is 12.4 Å². The van der Waals surface area contributed by atoms with Crippen molar-refractivity contribution >= 4 is 41.7 Å². The number of nitrogens with one attached hydrogen (secondary N) is 2. The second-order valence-corrected chi connectivity index (χ2v) is 6.11. The molecule has 0 heterocycles. The second kappa shape index (κ2) is 13.5. The number of ether oxygens (including phenoxy) is 1. The van der Waals surface area contributed by atoms with Gasteiger partial charge in [-0.1, -0.05) is 37.8 Å². The fourth-order valence-corrected chi connectivity index (χ4v) is 2.00. The van der Waals surface area contributed by atoms with E-state index < -0.39 is 0 Å². The zero-order valence-electron chi connectivity index (χ0n) is 14.2. The van der Waals surface area contributed by atoms with Gasteiger partial charge in [0.15, 0.2) is 5.96 Å². The highest BCUT2D eigenvalue weighted by Gasteiger charge is 2.04. The van der Waals surface area contributed by atoms with E-state index in [1.807, 2.05) is 36.0 Å². The summed E-state index contributed by atoms with van der Waals surface area (Å²) in [4.78, 5) is 4.64. The van der Waals surface area contributed by atoms with Crippen molar-refractivity contribution in [2.24, 2.45) is 4.99 Å². The lowest BCUT2D eigenvalue weighted by molar-refractivity contribution is 0.359. The maximum Gasteiger partial charge on any atom is 0.191 e. The molecule has 6 heteroatoms. The molecular formula is C17H28IN3OS. The molecule has 0 bridgehead atoms. The van der Waals surface area contributed by atoms with E-state index in [9.17, 15) is 0 Å². The van der Waals surface area contributed by atoms with E-state index in [1.54, 1.807) is 6.08 Å². The molecule has 0 aliphatic carbocycles. The quantitative estimate of drug-likeness (QED) is 0.261. The zero-order chi connectivity index (χ0) is 16.2. The van der Waals surface area contributed by atoms with Crippen LogP contribution < -0.4 is 15.4 Å². The van der Waals surface area contributed by atoms with E-state index >= 15 is 0 Å². The lowest BCUT2D eigenvalue weighted by Gasteiger charge is -2.15. The van der Waals surface area contributed by atoms with Gasteiger partial charge in [-0.2, -0.15) is 11.8 Å². The van der Waals surface area contributed by atoms with Gasteiger partial charge in [0.25, 0.3) is 0 Å². The Hall–Kier alpha value is -0.890. The Morgan fingerprint density at radius 2 is 2.13 bits per heavy atom. The molecule has 0 aliphatic heterocycles. The van der Waals surface area contributed by atoms with Crippen molar-refractivity contribution in [3.8, 4) is 5.75 Å². The summed E-state index contributed by atoms with van der Waals surface area (Å²) in [5, 5.41) is 7.18. The van der Waals surface area contributed by atoms with Gasteiger partial charge in [-0.3, -0.25) is 0 Å². The van der Waals surface area contributed by atoms with Crippen LogP contribution >= 0.6 is 35.7 Å². The van der Waals surface area contributed by atoms with E-state index in [0.29, 0.717) is 18.4 Å². The topological polar surface area (TPSA) is 45.6 Å². The molecule has 2 N–H and O–H groups in total. The molecule has 1 atom stereocenters. The summed E-state index contributed by atoms with van der Waals surface area (Å²) in [7, 11) is 0. The van der Waals surface area contributed by atoms with E-state index in [-0.39, 0.29) is 24.0 Å². The van der Waals surface area contributed by atoms with Crippen molar-refractivity contribution in [1.82, 2.24) is 10.6 Å². The Kier molecular flexibility index (Phi) is 13.0. The largest absolute Gasteiger partial charge is 0.489 e. The summed E-state index contributed by atoms with van der Waals surface area (Å²) in [6.45, 7) is 10.8. The van der Waals surface area contributed by atoms with Crippen molar-refractivity contribution in [3.05, 3.63) is 42.5 Å². The number of guanidine groups is 1. The summed E-state index contributed by atoms with van der Waals surface area (Å²) in [6.07, 6.45) is 3.86. The molecule has 0 aromatic heterocycles. The van der Waals surface area contributed by atoms with Gasteiger partial charge in [0.2, 0.25) is 0 Å². The molecule has 0 spiro atoms. The maximum atomic E-state index is 5.66. The highest BCUT2D eigenvalue weighted by atomic mass is 127. The molecule has 1 rings (SSSR count). The first-order valence-corrected chi connectivity index (χ1v) is 8.86. The molecule has 130 valence electrons. The average molecular weight is 449 g/mol. The van der Waals surface area contributed by atoms with Crippen LogP contribution in [0.5, 0.6) is 5.75 Å². The van der Waals surface area contributed by atoms with Gasteiger partial charge in [-0.05, 0) is 19.2 Å². The standard InChI is InChI=1S/C17H27N3OS.HI/c1-5-11-21-16-10-8-7-9-15(16)13-20-17(18-6-2)19-12-14(3)22-4;/h5,7-10,14H,1,6,11-13H2,2-4H3,(H2,18,19,20);1H. The third-order valence-electron chi connectivity index (χ3n) is 3.04. The normalized spacial score (nSPS) is 12.0. The molecule has 0 amide bonds. The molecular weight excluding hydrogens is 421 g/mol. The van der Waals surface area contributed by atoms with Crippen molar-refractivity contribution in [1.29, 1.82) is 0 Å². The van der Waals surface area contributed by atoms with Crippen LogP contribution in [0.3, 0.4) is 0 Å². The smallest absolute Gasteiger partial charge is 0.191 e. The Labute approximate surface area is 161 Å². The Morgan fingerprint density at radius 3 is 2.78 bits per heavy atom.